The van der Waals surface area contributed by atoms with Crippen molar-refractivity contribution >= 4 is 56.3 Å². The van der Waals surface area contributed by atoms with Crippen molar-refractivity contribution in [3.63, 3.8) is 0 Å². The van der Waals surface area contributed by atoms with E-state index in [9.17, 15) is 9.59 Å². The highest BCUT2D eigenvalue weighted by Crippen LogP contribution is 2.38. The molecule has 34 heavy (non-hydrogen) atoms. The van der Waals surface area contributed by atoms with Gasteiger partial charge in [0.25, 0.3) is 5.56 Å². The number of carbonyl (C=O) groups is 1. The number of benzene rings is 2. The van der Waals surface area contributed by atoms with Crippen molar-refractivity contribution in [2.45, 2.75) is 31.4 Å². The first-order valence-corrected chi connectivity index (χ1v) is 13.5. The van der Waals surface area contributed by atoms with Crippen LogP contribution in [0.1, 0.15) is 28.2 Å². The third-order valence-electron chi connectivity index (χ3n) is 6.45. The van der Waals surface area contributed by atoms with Crippen LogP contribution in [-0.4, -0.2) is 28.2 Å². The molecule has 2 aliphatic rings. The molecule has 0 unspecified atom stereocenters. The van der Waals surface area contributed by atoms with Crippen LogP contribution in [0.5, 0.6) is 0 Å². The maximum Gasteiger partial charge on any atom is 0.259 e. The molecule has 1 amide bonds. The predicted octanol–water partition coefficient (Wildman–Crippen LogP) is 5.04. The fourth-order valence-electron chi connectivity index (χ4n) is 4.95. The molecule has 1 aliphatic heterocycles. The second-order valence-corrected chi connectivity index (χ2v) is 10.7. The Labute approximate surface area is 205 Å². The number of nitrogens with zero attached hydrogens (tertiary/aromatic N) is 2. The molecule has 2 aromatic carbocycles. The molecule has 3 heterocycles. The first-order valence-electron chi connectivity index (χ1n) is 11.5. The summed E-state index contributed by atoms with van der Waals surface area (Å²) < 4.78 is 0. The number of para-hydroxylation sites is 3. The summed E-state index contributed by atoms with van der Waals surface area (Å²) in [6.45, 7) is 0.897. The standard InChI is InChI=1S/C26H24N4O2S2/c31-23(15-33-14-22-28-25(32)24-17-7-5-11-21(17)34-26(24)29-22)27-18-8-2-4-10-20(18)30-13-12-16-6-1-3-9-19(16)30/h1-4,6,8-10H,5,7,11-15H2,(H,27,31)(H,28,29,32). The predicted molar refractivity (Wildman–Crippen MR) is 141 cm³/mol. The third-order valence-corrected chi connectivity index (χ3v) is 8.58. The number of amides is 1. The average Bonchev–Trinajstić information content (AvgIpc) is 3.54. The molecule has 0 spiro atoms. The maximum absolute atomic E-state index is 12.7. The average molecular weight is 489 g/mol. The summed E-state index contributed by atoms with van der Waals surface area (Å²) in [5, 5.41) is 3.85. The quantitative estimate of drug-likeness (QED) is 0.398. The number of fused-ring (bicyclic) bond motifs is 4. The van der Waals surface area contributed by atoms with E-state index in [2.05, 4.69) is 44.5 Å². The SMILES string of the molecule is O=C(CSCc1nc2sc3c(c2c(=O)[nH]1)CCC3)Nc1ccccc1N1CCc2ccccc21. The minimum Gasteiger partial charge on any atom is -0.339 e. The molecule has 0 atom stereocenters. The van der Waals surface area contributed by atoms with E-state index in [4.69, 9.17) is 0 Å². The number of H-pyrrole nitrogens is 1. The smallest absolute Gasteiger partial charge is 0.259 e. The zero-order chi connectivity index (χ0) is 23.1. The van der Waals surface area contributed by atoms with Gasteiger partial charge in [0.1, 0.15) is 10.7 Å². The molecule has 1 aliphatic carbocycles. The van der Waals surface area contributed by atoms with Gasteiger partial charge in [0.15, 0.2) is 0 Å². The maximum atomic E-state index is 12.7. The highest BCUT2D eigenvalue weighted by Gasteiger charge is 2.23. The summed E-state index contributed by atoms with van der Waals surface area (Å²) in [6, 6.07) is 16.3. The topological polar surface area (TPSA) is 78.1 Å². The van der Waals surface area contributed by atoms with Gasteiger partial charge in [-0.15, -0.1) is 23.1 Å². The summed E-state index contributed by atoms with van der Waals surface area (Å²) in [6.07, 6.45) is 4.14. The number of aromatic nitrogens is 2. The molecular formula is C26H24N4O2S2. The number of nitrogens with one attached hydrogen (secondary N) is 2. The minimum absolute atomic E-state index is 0.0516. The molecule has 0 radical (unpaired) electrons. The number of aromatic amines is 1. The number of anilines is 3. The van der Waals surface area contributed by atoms with Crippen molar-refractivity contribution in [2.75, 3.05) is 22.5 Å². The van der Waals surface area contributed by atoms with Gasteiger partial charge >= 0.3 is 0 Å². The largest absolute Gasteiger partial charge is 0.339 e. The Bertz CT molecular complexity index is 1460. The number of hydrogen-bond acceptors (Lipinski definition) is 6. The van der Waals surface area contributed by atoms with Gasteiger partial charge in [-0.05, 0) is 55.0 Å². The van der Waals surface area contributed by atoms with E-state index in [1.807, 2.05) is 24.3 Å². The van der Waals surface area contributed by atoms with Gasteiger partial charge in [0, 0.05) is 17.1 Å². The zero-order valence-electron chi connectivity index (χ0n) is 18.6. The van der Waals surface area contributed by atoms with E-state index >= 15 is 0 Å². The highest BCUT2D eigenvalue weighted by atomic mass is 32.2. The molecule has 8 heteroatoms. The minimum atomic E-state index is -0.0662. The fraction of sp³-hybridized carbons (Fsp3) is 0.269. The van der Waals surface area contributed by atoms with Crippen LogP contribution in [0.25, 0.3) is 10.2 Å². The number of hydrogen-bond donors (Lipinski definition) is 2. The van der Waals surface area contributed by atoms with Crippen molar-refractivity contribution in [1.82, 2.24) is 9.97 Å². The molecule has 2 N–H and O–H groups in total. The molecule has 0 saturated heterocycles. The van der Waals surface area contributed by atoms with Crippen LogP contribution >= 0.6 is 23.1 Å². The second kappa shape index (κ2) is 8.92. The summed E-state index contributed by atoms with van der Waals surface area (Å²) in [5.74, 6) is 1.34. The van der Waals surface area contributed by atoms with E-state index in [1.54, 1.807) is 11.3 Å². The van der Waals surface area contributed by atoms with Gasteiger partial charge in [0.2, 0.25) is 5.91 Å². The molecule has 6 rings (SSSR count). The van der Waals surface area contributed by atoms with Crippen molar-refractivity contribution in [3.05, 3.63) is 80.7 Å². The first-order chi connectivity index (χ1) is 16.7. The van der Waals surface area contributed by atoms with Crippen molar-refractivity contribution in [2.24, 2.45) is 0 Å². The number of aryl methyl sites for hydroxylation is 2. The van der Waals surface area contributed by atoms with E-state index in [-0.39, 0.29) is 17.2 Å². The molecular weight excluding hydrogens is 464 g/mol. The molecule has 0 bridgehead atoms. The summed E-state index contributed by atoms with van der Waals surface area (Å²) in [7, 11) is 0. The Morgan fingerprint density at radius 2 is 1.91 bits per heavy atom. The highest BCUT2D eigenvalue weighted by molar-refractivity contribution is 7.99. The first kappa shape index (κ1) is 21.4. The van der Waals surface area contributed by atoms with Gasteiger partial charge in [-0.2, -0.15) is 0 Å². The fourth-order valence-corrected chi connectivity index (χ4v) is 6.92. The third kappa shape index (κ3) is 3.91. The lowest BCUT2D eigenvalue weighted by Crippen LogP contribution is -2.19. The molecule has 6 nitrogen and oxygen atoms in total. The lowest BCUT2D eigenvalue weighted by atomic mass is 10.2. The van der Waals surface area contributed by atoms with Gasteiger partial charge in [0.05, 0.1) is 28.3 Å². The van der Waals surface area contributed by atoms with E-state index in [1.165, 1.54) is 33.5 Å². The van der Waals surface area contributed by atoms with Crippen LogP contribution in [0.3, 0.4) is 0 Å². The van der Waals surface area contributed by atoms with Crippen LogP contribution in [0.2, 0.25) is 0 Å². The Hall–Kier alpha value is -3.10. The zero-order valence-corrected chi connectivity index (χ0v) is 20.2. The lowest BCUT2D eigenvalue weighted by molar-refractivity contribution is -0.113. The van der Waals surface area contributed by atoms with Crippen molar-refractivity contribution < 1.29 is 4.79 Å². The Kier molecular flexibility index (Phi) is 5.63. The van der Waals surface area contributed by atoms with Crippen LogP contribution in [0.15, 0.2) is 53.3 Å². The van der Waals surface area contributed by atoms with Crippen molar-refractivity contribution in [1.29, 1.82) is 0 Å². The molecule has 0 fully saturated rings. The molecule has 0 saturated carbocycles. The van der Waals surface area contributed by atoms with E-state index < -0.39 is 0 Å². The summed E-state index contributed by atoms with van der Waals surface area (Å²) in [4.78, 5) is 37.4. The number of carbonyl (C=O) groups excluding carboxylic acids is 1. The van der Waals surface area contributed by atoms with E-state index in [0.29, 0.717) is 11.6 Å². The van der Waals surface area contributed by atoms with Gasteiger partial charge in [-0.3, -0.25) is 9.59 Å². The second-order valence-electron chi connectivity index (χ2n) is 8.64. The Morgan fingerprint density at radius 1 is 1.09 bits per heavy atom. The van der Waals surface area contributed by atoms with Crippen molar-refractivity contribution in [3.8, 4) is 0 Å². The number of thiophene rings is 1. The summed E-state index contributed by atoms with van der Waals surface area (Å²) >= 11 is 3.10. The molecule has 4 aromatic rings. The van der Waals surface area contributed by atoms with Gasteiger partial charge in [-0.1, -0.05) is 30.3 Å². The van der Waals surface area contributed by atoms with Crippen LogP contribution in [0, 0.1) is 0 Å². The molecule has 172 valence electrons. The number of rotatable bonds is 6. The number of thioether (sulfide) groups is 1. The van der Waals surface area contributed by atoms with E-state index in [0.717, 1.165) is 53.8 Å². The Balaban J connectivity index is 1.12. The summed E-state index contributed by atoms with van der Waals surface area (Å²) in [5.41, 5.74) is 5.48. The van der Waals surface area contributed by atoms with Crippen LogP contribution in [-0.2, 0) is 29.8 Å². The van der Waals surface area contributed by atoms with Gasteiger partial charge in [-0.25, -0.2) is 4.98 Å². The van der Waals surface area contributed by atoms with Gasteiger partial charge < -0.3 is 15.2 Å². The normalized spacial score (nSPS) is 14.4. The Morgan fingerprint density at radius 3 is 2.82 bits per heavy atom. The van der Waals surface area contributed by atoms with Crippen LogP contribution < -0.4 is 15.8 Å². The molecule has 2 aromatic heterocycles. The monoisotopic (exact) mass is 488 g/mol. The van der Waals surface area contributed by atoms with Crippen LogP contribution in [0.4, 0.5) is 17.1 Å². The lowest BCUT2D eigenvalue weighted by Gasteiger charge is -2.23.